The number of methoxy groups -OCH3 is 2. The lowest BCUT2D eigenvalue weighted by Gasteiger charge is -2.17. The molecule has 0 bridgehead atoms. The Morgan fingerprint density at radius 3 is 2.39 bits per heavy atom. The predicted octanol–water partition coefficient (Wildman–Crippen LogP) is 6.39. The molecule has 5 rings (SSSR count). The molecular weight excluding hydrogens is 576 g/mol. The van der Waals surface area contributed by atoms with E-state index >= 15 is 0 Å². The number of carbonyl (C=O) groups is 1. The van der Waals surface area contributed by atoms with Gasteiger partial charge in [-0.15, -0.1) is 11.3 Å². The summed E-state index contributed by atoms with van der Waals surface area (Å²) < 4.78 is 24.2. The van der Waals surface area contributed by atoms with Gasteiger partial charge in [-0.3, -0.25) is 9.59 Å². The Balaban J connectivity index is 1.05. The van der Waals surface area contributed by atoms with Crippen molar-refractivity contribution in [3.05, 3.63) is 101 Å². The minimum atomic E-state index is -0.316. The average Bonchev–Trinajstić information content (AvgIpc) is 3.05. The van der Waals surface area contributed by atoms with E-state index in [1.165, 1.54) is 16.9 Å². The molecule has 0 saturated carbocycles. The molecule has 0 radical (unpaired) electrons. The fourth-order valence-electron chi connectivity index (χ4n) is 4.90. The Morgan fingerprint density at radius 1 is 0.818 bits per heavy atom. The van der Waals surface area contributed by atoms with E-state index in [2.05, 4.69) is 23.3 Å². The van der Waals surface area contributed by atoms with Crippen LogP contribution >= 0.6 is 11.3 Å². The van der Waals surface area contributed by atoms with Crippen LogP contribution in [0.5, 0.6) is 23.0 Å². The van der Waals surface area contributed by atoms with E-state index in [1.54, 1.807) is 32.4 Å². The SMILES string of the molecule is COc1ccc(CCN(C)CCCOc2ccc(NC(=O)COc3cccc4sc5ccccc5c(=O)c34)cc2)cc1OC. The summed E-state index contributed by atoms with van der Waals surface area (Å²) in [7, 11) is 5.39. The third-order valence-corrected chi connectivity index (χ3v) is 8.38. The Bertz CT molecular complexity index is 1790. The number of rotatable bonds is 14. The quantitative estimate of drug-likeness (QED) is 0.115. The molecule has 0 spiro atoms. The Kier molecular flexibility index (Phi) is 10.3. The van der Waals surface area contributed by atoms with Gasteiger partial charge in [-0.1, -0.05) is 24.3 Å². The summed E-state index contributed by atoms with van der Waals surface area (Å²) in [5.41, 5.74) is 1.74. The Morgan fingerprint density at radius 2 is 1.59 bits per heavy atom. The first-order valence-corrected chi connectivity index (χ1v) is 15.3. The molecule has 0 aliphatic rings. The van der Waals surface area contributed by atoms with E-state index in [0.717, 1.165) is 52.6 Å². The van der Waals surface area contributed by atoms with Gasteiger partial charge in [0.2, 0.25) is 0 Å². The van der Waals surface area contributed by atoms with Crippen molar-refractivity contribution in [1.29, 1.82) is 0 Å². The van der Waals surface area contributed by atoms with Crippen LogP contribution in [-0.4, -0.2) is 58.4 Å². The molecule has 8 nitrogen and oxygen atoms in total. The van der Waals surface area contributed by atoms with Crippen molar-refractivity contribution in [3.8, 4) is 23.0 Å². The molecule has 4 aromatic carbocycles. The maximum Gasteiger partial charge on any atom is 0.262 e. The topological polar surface area (TPSA) is 86.3 Å². The number of fused-ring (bicyclic) bond motifs is 2. The lowest BCUT2D eigenvalue weighted by atomic mass is 10.1. The van der Waals surface area contributed by atoms with Gasteiger partial charge >= 0.3 is 0 Å². The van der Waals surface area contributed by atoms with Crippen molar-refractivity contribution in [2.24, 2.45) is 0 Å². The van der Waals surface area contributed by atoms with E-state index in [9.17, 15) is 9.59 Å². The van der Waals surface area contributed by atoms with Crippen LogP contribution < -0.4 is 29.7 Å². The normalized spacial score (nSPS) is 11.1. The Hall–Kier alpha value is -4.60. The molecule has 1 N–H and O–H groups in total. The van der Waals surface area contributed by atoms with E-state index < -0.39 is 0 Å². The molecule has 0 aliphatic carbocycles. The van der Waals surface area contributed by atoms with Crippen LogP contribution in [0.4, 0.5) is 5.69 Å². The van der Waals surface area contributed by atoms with Gasteiger partial charge in [-0.25, -0.2) is 0 Å². The van der Waals surface area contributed by atoms with Crippen molar-refractivity contribution in [2.45, 2.75) is 12.8 Å². The van der Waals surface area contributed by atoms with Crippen molar-refractivity contribution < 1.29 is 23.7 Å². The summed E-state index contributed by atoms with van der Waals surface area (Å²) in [5, 5.41) is 3.98. The number of nitrogens with one attached hydrogen (secondary N) is 1. The summed E-state index contributed by atoms with van der Waals surface area (Å²) in [6.07, 6.45) is 1.79. The number of hydrogen-bond donors (Lipinski definition) is 1. The zero-order valence-electron chi connectivity index (χ0n) is 25.1. The molecule has 1 aromatic heterocycles. The highest BCUT2D eigenvalue weighted by atomic mass is 32.1. The minimum absolute atomic E-state index is 0.0952. The van der Waals surface area contributed by atoms with Crippen molar-refractivity contribution in [2.75, 3.05) is 52.9 Å². The predicted molar refractivity (Wildman–Crippen MR) is 177 cm³/mol. The number of carbonyl (C=O) groups excluding carboxylic acids is 1. The number of hydrogen-bond acceptors (Lipinski definition) is 8. The highest BCUT2D eigenvalue weighted by Gasteiger charge is 2.13. The Labute approximate surface area is 260 Å². The molecule has 0 atom stereocenters. The highest BCUT2D eigenvalue weighted by molar-refractivity contribution is 7.24. The lowest BCUT2D eigenvalue weighted by Crippen LogP contribution is -2.23. The first-order valence-electron chi connectivity index (χ1n) is 14.4. The van der Waals surface area contributed by atoms with Gasteiger partial charge in [0.1, 0.15) is 11.5 Å². The van der Waals surface area contributed by atoms with Crippen LogP contribution in [-0.2, 0) is 11.2 Å². The van der Waals surface area contributed by atoms with Gasteiger partial charge in [-0.2, -0.15) is 0 Å². The number of ether oxygens (including phenoxy) is 4. The molecule has 0 unspecified atom stereocenters. The molecule has 1 heterocycles. The second-order valence-electron chi connectivity index (χ2n) is 10.4. The molecule has 228 valence electrons. The van der Waals surface area contributed by atoms with Gasteiger partial charge < -0.3 is 29.2 Å². The largest absolute Gasteiger partial charge is 0.494 e. The molecule has 44 heavy (non-hydrogen) atoms. The maximum atomic E-state index is 13.1. The zero-order valence-corrected chi connectivity index (χ0v) is 25.9. The fourth-order valence-corrected chi connectivity index (χ4v) is 6.00. The smallest absolute Gasteiger partial charge is 0.262 e. The van der Waals surface area contributed by atoms with Crippen LogP contribution in [0.15, 0.2) is 89.7 Å². The maximum absolute atomic E-state index is 13.1. The van der Waals surface area contributed by atoms with E-state index in [0.29, 0.717) is 28.8 Å². The minimum Gasteiger partial charge on any atom is -0.494 e. The second-order valence-corrected chi connectivity index (χ2v) is 11.4. The number of anilines is 1. The van der Waals surface area contributed by atoms with Crippen LogP contribution in [0, 0.1) is 0 Å². The number of likely N-dealkylation sites (N-methyl/N-ethyl adjacent to an activating group) is 1. The number of amides is 1. The molecule has 0 fully saturated rings. The molecule has 5 aromatic rings. The third kappa shape index (κ3) is 7.67. The average molecular weight is 613 g/mol. The van der Waals surface area contributed by atoms with Crippen molar-refractivity contribution >= 4 is 43.1 Å². The van der Waals surface area contributed by atoms with Gasteiger partial charge in [-0.05, 0) is 86.1 Å². The van der Waals surface area contributed by atoms with E-state index in [-0.39, 0.29) is 17.9 Å². The summed E-state index contributed by atoms with van der Waals surface area (Å²) in [6.45, 7) is 2.20. The highest BCUT2D eigenvalue weighted by Crippen LogP contribution is 2.30. The summed E-state index contributed by atoms with van der Waals surface area (Å²) in [4.78, 5) is 28.0. The molecule has 9 heteroatoms. The number of benzene rings is 4. The van der Waals surface area contributed by atoms with Crippen LogP contribution in [0.3, 0.4) is 0 Å². The molecule has 0 saturated heterocycles. The fraction of sp³-hybridized carbons (Fsp3) is 0.257. The van der Waals surface area contributed by atoms with Gasteiger partial charge in [0, 0.05) is 33.6 Å². The van der Waals surface area contributed by atoms with Crippen LogP contribution in [0.25, 0.3) is 20.2 Å². The standard InChI is InChI=1S/C35H36N2O6S/c1-37(20-18-24-12-17-28(40-2)30(22-24)41-3)19-7-21-42-26-15-13-25(14-16-26)36-33(38)23-43-29-9-6-11-32-34(29)35(39)27-8-4-5-10-31(27)44-32/h4-6,8-17,22H,7,18-21,23H2,1-3H3,(H,36,38). The molecule has 0 aliphatic heterocycles. The van der Waals surface area contributed by atoms with E-state index in [4.69, 9.17) is 18.9 Å². The lowest BCUT2D eigenvalue weighted by molar-refractivity contribution is -0.118. The number of nitrogens with zero attached hydrogens (tertiary/aromatic N) is 1. The van der Waals surface area contributed by atoms with E-state index in [1.807, 2.05) is 60.7 Å². The first kappa shape index (κ1) is 30.8. The van der Waals surface area contributed by atoms with Crippen LogP contribution in [0.1, 0.15) is 12.0 Å². The van der Waals surface area contributed by atoms with Gasteiger partial charge in [0.15, 0.2) is 23.5 Å². The van der Waals surface area contributed by atoms with Gasteiger partial charge in [0.05, 0.1) is 26.2 Å². The molecular formula is C35H36N2O6S. The van der Waals surface area contributed by atoms with Crippen LogP contribution in [0.2, 0.25) is 0 Å². The summed E-state index contributed by atoms with van der Waals surface area (Å²) in [5.74, 6) is 2.30. The summed E-state index contributed by atoms with van der Waals surface area (Å²) in [6, 6.07) is 26.2. The van der Waals surface area contributed by atoms with Gasteiger partial charge in [0.25, 0.3) is 5.91 Å². The monoisotopic (exact) mass is 612 g/mol. The first-order chi connectivity index (χ1) is 21.4. The summed E-state index contributed by atoms with van der Waals surface area (Å²) >= 11 is 1.53. The zero-order chi connectivity index (χ0) is 30.9. The third-order valence-electron chi connectivity index (χ3n) is 7.25. The van der Waals surface area contributed by atoms with Crippen molar-refractivity contribution in [3.63, 3.8) is 0 Å². The second kappa shape index (κ2) is 14.7. The molecule has 1 amide bonds. The van der Waals surface area contributed by atoms with Crippen molar-refractivity contribution in [1.82, 2.24) is 4.90 Å².